The molecule has 0 spiro atoms. The van der Waals surface area contributed by atoms with E-state index in [0.717, 1.165) is 31.2 Å². The smallest absolute Gasteiger partial charge is 0.246 e. The summed E-state index contributed by atoms with van der Waals surface area (Å²) in [5, 5.41) is 5.69. The van der Waals surface area contributed by atoms with E-state index >= 15 is 0 Å². The van der Waals surface area contributed by atoms with E-state index in [4.69, 9.17) is 5.73 Å². The molecule has 3 atom stereocenters. The molecule has 2 aliphatic rings. The summed E-state index contributed by atoms with van der Waals surface area (Å²) < 4.78 is 0. The second-order valence-electron chi connectivity index (χ2n) is 7.30. The first kappa shape index (κ1) is 19.4. The first-order chi connectivity index (χ1) is 13.1. The van der Waals surface area contributed by atoms with Gasteiger partial charge in [0.2, 0.25) is 17.7 Å². The van der Waals surface area contributed by atoms with Crippen LogP contribution < -0.4 is 16.4 Å². The van der Waals surface area contributed by atoms with Crippen molar-refractivity contribution < 1.29 is 14.4 Å². The fourth-order valence-electron chi connectivity index (χ4n) is 4.08. The van der Waals surface area contributed by atoms with Gasteiger partial charge >= 0.3 is 0 Å². The van der Waals surface area contributed by atoms with Crippen LogP contribution in [-0.4, -0.2) is 47.3 Å². The van der Waals surface area contributed by atoms with Gasteiger partial charge in [0.1, 0.15) is 12.1 Å². The molecule has 0 bridgehead atoms. The number of carbonyl (C=O) groups excluding carboxylic acids is 3. The van der Waals surface area contributed by atoms with E-state index in [1.807, 2.05) is 30.3 Å². The lowest BCUT2D eigenvalue weighted by Crippen LogP contribution is -2.56. The molecule has 1 aromatic rings. The summed E-state index contributed by atoms with van der Waals surface area (Å²) in [5.74, 6) is -0.618. The number of benzene rings is 1. The quantitative estimate of drug-likeness (QED) is 0.707. The summed E-state index contributed by atoms with van der Waals surface area (Å²) in [7, 11) is 0. The van der Waals surface area contributed by atoms with Gasteiger partial charge in [-0.3, -0.25) is 14.4 Å². The molecule has 0 radical (unpaired) electrons. The van der Waals surface area contributed by atoms with E-state index in [1.165, 1.54) is 0 Å². The Morgan fingerprint density at radius 3 is 2.56 bits per heavy atom. The molecule has 4 N–H and O–H groups in total. The van der Waals surface area contributed by atoms with E-state index in [-0.39, 0.29) is 30.3 Å². The van der Waals surface area contributed by atoms with Crippen LogP contribution >= 0.6 is 0 Å². The molecule has 3 rings (SSSR count). The van der Waals surface area contributed by atoms with Crippen molar-refractivity contribution in [3.63, 3.8) is 0 Å². The van der Waals surface area contributed by atoms with Crippen LogP contribution in [0.4, 0.5) is 0 Å². The lowest BCUT2D eigenvalue weighted by molar-refractivity contribution is -0.144. The number of hydrogen-bond donors (Lipinski definition) is 3. The number of nitrogens with one attached hydrogen (secondary N) is 2. The predicted octanol–water partition coefficient (Wildman–Crippen LogP) is 0.680. The molecule has 0 aliphatic carbocycles. The number of carbonyl (C=O) groups is 3. The maximum Gasteiger partial charge on any atom is 0.246 e. The van der Waals surface area contributed by atoms with Crippen molar-refractivity contribution in [3.05, 3.63) is 35.9 Å². The van der Waals surface area contributed by atoms with Crippen LogP contribution in [0.5, 0.6) is 0 Å². The van der Waals surface area contributed by atoms with E-state index in [2.05, 4.69) is 10.6 Å². The third-order valence-corrected chi connectivity index (χ3v) is 5.47. The van der Waals surface area contributed by atoms with Gasteiger partial charge in [0.15, 0.2) is 0 Å². The monoisotopic (exact) mass is 372 g/mol. The average molecular weight is 372 g/mol. The molecule has 0 saturated carbocycles. The van der Waals surface area contributed by atoms with E-state index < -0.39 is 12.1 Å². The Hall–Kier alpha value is -2.41. The molecule has 146 valence electrons. The minimum Gasteiger partial charge on any atom is -0.350 e. The molecule has 3 amide bonds. The van der Waals surface area contributed by atoms with E-state index in [9.17, 15) is 14.4 Å². The second-order valence-corrected chi connectivity index (χ2v) is 7.30. The molecule has 3 unspecified atom stereocenters. The van der Waals surface area contributed by atoms with Crippen molar-refractivity contribution in [2.24, 2.45) is 5.73 Å². The zero-order valence-electron chi connectivity index (χ0n) is 15.5. The topological polar surface area (TPSA) is 105 Å². The Kier molecular flexibility index (Phi) is 6.45. The fourth-order valence-corrected chi connectivity index (χ4v) is 4.08. The van der Waals surface area contributed by atoms with Crippen molar-refractivity contribution in [2.75, 3.05) is 6.54 Å². The predicted molar refractivity (Wildman–Crippen MR) is 101 cm³/mol. The summed E-state index contributed by atoms with van der Waals surface area (Å²) in [6, 6.07) is 8.71. The fraction of sp³-hybridized carbons (Fsp3) is 0.550. The van der Waals surface area contributed by atoms with Crippen molar-refractivity contribution in [1.29, 1.82) is 0 Å². The summed E-state index contributed by atoms with van der Waals surface area (Å²) >= 11 is 0. The second kappa shape index (κ2) is 8.99. The van der Waals surface area contributed by atoms with Crippen LogP contribution in [0.1, 0.15) is 44.1 Å². The number of nitrogens with zero attached hydrogens (tertiary/aromatic N) is 1. The minimum absolute atomic E-state index is 0.0718. The maximum atomic E-state index is 13.1. The largest absolute Gasteiger partial charge is 0.350 e. The molecular weight excluding hydrogens is 344 g/mol. The van der Waals surface area contributed by atoms with Crippen LogP contribution in [0, 0.1) is 0 Å². The zero-order chi connectivity index (χ0) is 19.2. The number of fused-ring (bicyclic) bond motifs is 1. The minimum atomic E-state index is -0.591. The summed E-state index contributed by atoms with van der Waals surface area (Å²) in [4.78, 5) is 39.3. The van der Waals surface area contributed by atoms with Crippen LogP contribution in [0.2, 0.25) is 0 Å². The Morgan fingerprint density at radius 1 is 1.07 bits per heavy atom. The molecule has 7 nitrogen and oxygen atoms in total. The highest BCUT2D eigenvalue weighted by atomic mass is 16.2. The van der Waals surface area contributed by atoms with Crippen LogP contribution in [0.25, 0.3) is 0 Å². The number of amides is 3. The Bertz CT molecular complexity index is 679. The van der Waals surface area contributed by atoms with Gasteiger partial charge in [-0.15, -0.1) is 0 Å². The van der Waals surface area contributed by atoms with Crippen molar-refractivity contribution in [2.45, 2.75) is 63.2 Å². The SMILES string of the molecule is NCC(=O)NC1CCCCC2CCC(C(=O)NCc3ccccc3)N2C1=O. The molecule has 1 aromatic carbocycles. The molecule has 2 aliphatic heterocycles. The van der Waals surface area contributed by atoms with Gasteiger partial charge < -0.3 is 21.3 Å². The highest BCUT2D eigenvalue weighted by Gasteiger charge is 2.43. The third kappa shape index (κ3) is 4.66. The van der Waals surface area contributed by atoms with Crippen molar-refractivity contribution in [3.8, 4) is 0 Å². The molecule has 2 fully saturated rings. The maximum absolute atomic E-state index is 13.1. The molecule has 2 saturated heterocycles. The zero-order valence-corrected chi connectivity index (χ0v) is 15.5. The lowest BCUT2D eigenvalue weighted by Gasteiger charge is -2.35. The van der Waals surface area contributed by atoms with Gasteiger partial charge in [0.05, 0.1) is 6.54 Å². The van der Waals surface area contributed by atoms with Gasteiger partial charge in [0.25, 0.3) is 0 Å². The normalized spacial score (nSPS) is 25.3. The Balaban J connectivity index is 1.69. The molecule has 0 aromatic heterocycles. The highest BCUT2D eigenvalue weighted by Crippen LogP contribution is 2.31. The highest BCUT2D eigenvalue weighted by molar-refractivity contribution is 5.93. The summed E-state index contributed by atoms with van der Waals surface area (Å²) in [5.41, 5.74) is 6.40. The Morgan fingerprint density at radius 2 is 1.81 bits per heavy atom. The van der Waals surface area contributed by atoms with Crippen molar-refractivity contribution >= 4 is 17.7 Å². The van der Waals surface area contributed by atoms with Crippen LogP contribution in [-0.2, 0) is 20.9 Å². The molecule has 7 heteroatoms. The lowest BCUT2D eigenvalue weighted by atomic mass is 9.99. The molecule has 2 heterocycles. The standard InChI is InChI=1S/C20H28N4O3/c21-12-18(25)23-16-9-5-4-8-15-10-11-17(24(15)20(16)27)19(26)22-13-14-6-2-1-3-7-14/h1-3,6-7,15-17H,4-5,8-13,21H2,(H,22,26)(H,23,25). The number of rotatable bonds is 5. The number of nitrogens with two attached hydrogens (primary N) is 1. The summed E-state index contributed by atoms with van der Waals surface area (Å²) in [6.07, 6.45) is 4.86. The van der Waals surface area contributed by atoms with Gasteiger partial charge in [0, 0.05) is 12.6 Å². The first-order valence-electron chi connectivity index (χ1n) is 9.73. The first-order valence-corrected chi connectivity index (χ1v) is 9.73. The Labute approximate surface area is 159 Å². The third-order valence-electron chi connectivity index (χ3n) is 5.47. The van der Waals surface area contributed by atoms with Crippen LogP contribution in [0.3, 0.4) is 0 Å². The average Bonchev–Trinajstić information content (AvgIpc) is 3.10. The van der Waals surface area contributed by atoms with Gasteiger partial charge in [-0.2, -0.15) is 0 Å². The van der Waals surface area contributed by atoms with E-state index in [0.29, 0.717) is 19.4 Å². The molecule has 27 heavy (non-hydrogen) atoms. The van der Waals surface area contributed by atoms with E-state index in [1.54, 1.807) is 4.90 Å². The molecular formula is C20H28N4O3. The van der Waals surface area contributed by atoms with Gasteiger partial charge in [-0.25, -0.2) is 0 Å². The van der Waals surface area contributed by atoms with Gasteiger partial charge in [-0.05, 0) is 31.2 Å². The number of hydrogen-bond acceptors (Lipinski definition) is 4. The summed E-state index contributed by atoms with van der Waals surface area (Å²) in [6.45, 7) is 0.296. The van der Waals surface area contributed by atoms with Crippen LogP contribution in [0.15, 0.2) is 30.3 Å². The van der Waals surface area contributed by atoms with Crippen molar-refractivity contribution in [1.82, 2.24) is 15.5 Å². The van der Waals surface area contributed by atoms with Gasteiger partial charge in [-0.1, -0.05) is 43.2 Å².